The molecule has 2 heterocycles. The van der Waals surface area contributed by atoms with Gasteiger partial charge in [-0.25, -0.2) is 0 Å². The molecular formula is C19H20N4O. The lowest BCUT2D eigenvalue weighted by Gasteiger charge is -2.09. The number of nitrogens with one attached hydrogen (secondary N) is 1. The highest BCUT2D eigenvalue weighted by Gasteiger charge is 2.38. The van der Waals surface area contributed by atoms with Gasteiger partial charge in [0, 0.05) is 12.6 Å². The summed E-state index contributed by atoms with van der Waals surface area (Å²) in [6.07, 6.45) is 6.32. The lowest BCUT2D eigenvalue weighted by Crippen LogP contribution is -2.14. The van der Waals surface area contributed by atoms with Crippen molar-refractivity contribution < 1.29 is 4.79 Å². The fourth-order valence-corrected chi connectivity index (χ4v) is 3.29. The number of hydrogen-bond acceptors (Lipinski definition) is 3. The predicted molar refractivity (Wildman–Crippen MR) is 92.7 cm³/mol. The van der Waals surface area contributed by atoms with Crippen molar-refractivity contribution in [3.05, 3.63) is 60.0 Å². The summed E-state index contributed by atoms with van der Waals surface area (Å²) in [6, 6.07) is 12.5. The molecule has 0 aliphatic heterocycles. The van der Waals surface area contributed by atoms with Crippen molar-refractivity contribution in [3.63, 3.8) is 0 Å². The van der Waals surface area contributed by atoms with E-state index in [9.17, 15) is 4.79 Å². The third-order valence-electron chi connectivity index (χ3n) is 4.80. The first-order valence-corrected chi connectivity index (χ1v) is 8.33. The van der Waals surface area contributed by atoms with Gasteiger partial charge in [0.25, 0.3) is 0 Å². The Morgan fingerprint density at radius 3 is 2.92 bits per heavy atom. The van der Waals surface area contributed by atoms with Gasteiger partial charge in [0.15, 0.2) is 5.65 Å². The fourth-order valence-electron chi connectivity index (χ4n) is 3.29. The number of pyridine rings is 1. The molecule has 3 aromatic rings. The van der Waals surface area contributed by atoms with Crippen LogP contribution >= 0.6 is 0 Å². The largest absolute Gasteiger partial charge is 0.323 e. The van der Waals surface area contributed by atoms with Crippen molar-refractivity contribution >= 4 is 17.2 Å². The van der Waals surface area contributed by atoms with Crippen LogP contribution in [0.4, 0.5) is 5.69 Å². The van der Waals surface area contributed by atoms with E-state index in [4.69, 9.17) is 0 Å². The number of anilines is 1. The molecule has 1 N–H and O–H groups in total. The number of amides is 1. The summed E-state index contributed by atoms with van der Waals surface area (Å²) >= 11 is 0. The maximum atomic E-state index is 12.4. The molecule has 24 heavy (non-hydrogen) atoms. The van der Waals surface area contributed by atoms with Crippen LogP contribution in [0.25, 0.3) is 5.65 Å². The van der Waals surface area contributed by atoms with Gasteiger partial charge < -0.3 is 5.32 Å². The number of carbonyl (C=O) groups is 1. The zero-order chi connectivity index (χ0) is 16.5. The minimum Gasteiger partial charge on any atom is -0.323 e. The van der Waals surface area contributed by atoms with Crippen molar-refractivity contribution in [1.82, 2.24) is 14.6 Å². The number of hydrogen-bond donors (Lipinski definition) is 1. The number of aryl methyl sites for hydroxylation is 1. The van der Waals surface area contributed by atoms with Gasteiger partial charge in [0.2, 0.25) is 5.91 Å². The van der Waals surface area contributed by atoms with Gasteiger partial charge in [0.1, 0.15) is 6.33 Å². The summed E-state index contributed by atoms with van der Waals surface area (Å²) in [5.74, 6) is 1.18. The summed E-state index contributed by atoms with van der Waals surface area (Å²) in [5, 5.41) is 11.0. The highest BCUT2D eigenvalue weighted by atomic mass is 16.1. The SMILES string of the molecule is Cc1ccn2cnnc2c1NC(=O)C[C@@H]1C[C@H]1Cc1ccccc1. The third-order valence-corrected chi connectivity index (χ3v) is 4.80. The quantitative estimate of drug-likeness (QED) is 0.785. The Kier molecular flexibility index (Phi) is 3.76. The van der Waals surface area contributed by atoms with Crippen molar-refractivity contribution in [3.8, 4) is 0 Å². The molecule has 1 fully saturated rings. The maximum Gasteiger partial charge on any atom is 0.224 e. The standard InChI is InChI=1S/C19H20N4O/c1-13-7-8-23-12-20-22-19(23)18(13)21-17(24)11-16-10-15(16)9-14-5-3-2-4-6-14/h2-8,12,15-16H,9-11H2,1H3,(H,21,24)/t15-,16+/m1/s1. The predicted octanol–water partition coefficient (Wildman–Crippen LogP) is 3.25. The van der Waals surface area contributed by atoms with Gasteiger partial charge in [-0.15, -0.1) is 10.2 Å². The average molecular weight is 320 g/mol. The van der Waals surface area contributed by atoms with Gasteiger partial charge in [0.05, 0.1) is 5.69 Å². The lowest BCUT2D eigenvalue weighted by molar-refractivity contribution is -0.116. The molecule has 1 aliphatic carbocycles. The molecule has 0 spiro atoms. The third kappa shape index (κ3) is 3.02. The van der Waals surface area contributed by atoms with Crippen LogP contribution in [0.15, 0.2) is 48.9 Å². The molecule has 1 aliphatic rings. The number of benzene rings is 1. The first-order chi connectivity index (χ1) is 11.7. The highest BCUT2D eigenvalue weighted by Crippen LogP contribution is 2.43. The second kappa shape index (κ2) is 6.07. The van der Waals surface area contributed by atoms with Crippen LogP contribution in [0, 0.1) is 18.8 Å². The minimum absolute atomic E-state index is 0.0646. The summed E-state index contributed by atoms with van der Waals surface area (Å²) in [7, 11) is 0. The number of fused-ring (bicyclic) bond motifs is 1. The van der Waals surface area contributed by atoms with Gasteiger partial charge in [-0.1, -0.05) is 30.3 Å². The smallest absolute Gasteiger partial charge is 0.224 e. The molecule has 0 saturated heterocycles. The number of carbonyl (C=O) groups excluding carboxylic acids is 1. The summed E-state index contributed by atoms with van der Waals surface area (Å²) < 4.78 is 1.82. The van der Waals surface area contributed by atoms with E-state index < -0.39 is 0 Å². The van der Waals surface area contributed by atoms with E-state index in [-0.39, 0.29) is 5.91 Å². The second-order valence-electron chi connectivity index (χ2n) is 6.63. The normalized spacial score (nSPS) is 19.4. The number of nitrogens with zero attached hydrogens (tertiary/aromatic N) is 3. The molecule has 0 bridgehead atoms. The zero-order valence-corrected chi connectivity index (χ0v) is 13.6. The molecule has 2 atom stereocenters. The molecule has 122 valence electrons. The Morgan fingerprint density at radius 2 is 2.08 bits per heavy atom. The van der Waals surface area contributed by atoms with E-state index in [1.807, 2.05) is 29.7 Å². The summed E-state index contributed by atoms with van der Waals surface area (Å²) in [4.78, 5) is 12.4. The van der Waals surface area contributed by atoms with Crippen molar-refractivity contribution in [1.29, 1.82) is 0 Å². The highest BCUT2D eigenvalue weighted by molar-refractivity contribution is 5.95. The first-order valence-electron chi connectivity index (χ1n) is 8.33. The Hall–Kier alpha value is -2.69. The molecule has 5 nitrogen and oxygen atoms in total. The minimum atomic E-state index is 0.0646. The molecule has 0 radical (unpaired) electrons. The molecule has 1 aromatic carbocycles. The van der Waals surface area contributed by atoms with Crippen LogP contribution in [-0.4, -0.2) is 20.5 Å². The van der Waals surface area contributed by atoms with E-state index in [0.29, 0.717) is 23.9 Å². The molecule has 1 amide bonds. The molecular weight excluding hydrogens is 300 g/mol. The molecule has 5 heteroatoms. The van der Waals surface area contributed by atoms with Crippen LogP contribution in [0.3, 0.4) is 0 Å². The van der Waals surface area contributed by atoms with Gasteiger partial charge in [-0.05, 0) is 48.8 Å². The zero-order valence-electron chi connectivity index (χ0n) is 13.6. The van der Waals surface area contributed by atoms with E-state index in [1.54, 1.807) is 6.33 Å². The lowest BCUT2D eigenvalue weighted by atomic mass is 10.1. The second-order valence-corrected chi connectivity index (χ2v) is 6.63. The molecule has 4 rings (SSSR count). The van der Waals surface area contributed by atoms with Crippen LogP contribution in [0.5, 0.6) is 0 Å². The van der Waals surface area contributed by atoms with Gasteiger partial charge in [-0.2, -0.15) is 0 Å². The van der Waals surface area contributed by atoms with Crippen LogP contribution in [0.1, 0.15) is 24.0 Å². The van der Waals surface area contributed by atoms with E-state index in [1.165, 1.54) is 5.56 Å². The maximum absolute atomic E-state index is 12.4. The summed E-state index contributed by atoms with van der Waals surface area (Å²) in [6.45, 7) is 1.97. The Bertz CT molecular complexity index is 871. The molecule has 2 aromatic heterocycles. The number of rotatable bonds is 5. The Morgan fingerprint density at radius 1 is 1.25 bits per heavy atom. The van der Waals surface area contributed by atoms with Gasteiger partial charge in [-0.3, -0.25) is 9.20 Å². The van der Waals surface area contributed by atoms with Crippen molar-refractivity contribution in [2.45, 2.75) is 26.2 Å². The monoisotopic (exact) mass is 320 g/mol. The van der Waals surface area contributed by atoms with E-state index in [2.05, 4.69) is 39.8 Å². The summed E-state index contributed by atoms with van der Waals surface area (Å²) in [5.41, 5.74) is 3.82. The van der Waals surface area contributed by atoms with Crippen molar-refractivity contribution in [2.24, 2.45) is 11.8 Å². The van der Waals surface area contributed by atoms with Gasteiger partial charge >= 0.3 is 0 Å². The molecule has 1 saturated carbocycles. The first kappa shape index (κ1) is 14.9. The van der Waals surface area contributed by atoms with Crippen LogP contribution in [0.2, 0.25) is 0 Å². The van der Waals surface area contributed by atoms with E-state index >= 15 is 0 Å². The van der Waals surface area contributed by atoms with E-state index in [0.717, 1.165) is 24.1 Å². The topological polar surface area (TPSA) is 59.3 Å². The fraction of sp³-hybridized carbons (Fsp3) is 0.316. The van der Waals surface area contributed by atoms with Crippen LogP contribution in [-0.2, 0) is 11.2 Å². The Balaban J connectivity index is 1.37. The Labute approximate surface area is 140 Å². The average Bonchev–Trinajstić information content (AvgIpc) is 3.10. The van der Waals surface area contributed by atoms with Crippen LogP contribution < -0.4 is 5.32 Å². The van der Waals surface area contributed by atoms with Crippen molar-refractivity contribution in [2.75, 3.05) is 5.32 Å². The number of aromatic nitrogens is 3. The molecule has 0 unspecified atom stereocenters.